The Hall–Kier alpha value is -2.30. The van der Waals surface area contributed by atoms with Crippen LogP contribution < -0.4 is 4.72 Å². The molecule has 0 radical (unpaired) electrons. The van der Waals surface area contributed by atoms with Gasteiger partial charge in [0.1, 0.15) is 0 Å². The number of sulfonamides is 1. The largest absolute Gasteiger partial charge is 0.452 e. The first-order valence-corrected chi connectivity index (χ1v) is 10.6. The third-order valence-electron chi connectivity index (χ3n) is 4.63. The summed E-state index contributed by atoms with van der Waals surface area (Å²) in [6.45, 7) is 0.634. The van der Waals surface area contributed by atoms with E-state index in [4.69, 9.17) is 9.47 Å². The van der Waals surface area contributed by atoms with E-state index in [0.717, 1.165) is 17.7 Å². The molecule has 2 aliphatic heterocycles. The zero-order valence-electron chi connectivity index (χ0n) is 15.3. The van der Waals surface area contributed by atoms with Gasteiger partial charge in [0.05, 0.1) is 16.6 Å². The highest BCUT2D eigenvalue weighted by Gasteiger charge is 2.27. The van der Waals surface area contributed by atoms with E-state index in [1.807, 2.05) is 0 Å². The first kappa shape index (κ1) is 20.4. The second-order valence-electron chi connectivity index (χ2n) is 6.63. The molecule has 1 N–H and O–H groups in total. The van der Waals surface area contributed by atoms with Crippen molar-refractivity contribution in [3.8, 4) is 0 Å². The zero-order chi connectivity index (χ0) is 20.1. The Morgan fingerprint density at radius 1 is 1.21 bits per heavy atom. The summed E-state index contributed by atoms with van der Waals surface area (Å²) in [4.78, 5) is 36.5. The SMILES string of the molecule is O=C(OCC(=O)N1CCCC1=O)c1ccc(S(=O)(=O)NC[C@H]2CCCO2)cc1. The minimum Gasteiger partial charge on any atom is -0.452 e. The van der Waals surface area contributed by atoms with Crippen LogP contribution >= 0.6 is 0 Å². The highest BCUT2D eigenvalue weighted by atomic mass is 32.2. The maximum Gasteiger partial charge on any atom is 0.338 e. The number of benzene rings is 1. The molecule has 9 nitrogen and oxygen atoms in total. The third-order valence-corrected chi connectivity index (χ3v) is 6.07. The number of rotatable bonds is 7. The number of esters is 1. The van der Waals surface area contributed by atoms with Crippen LogP contribution in [0.4, 0.5) is 0 Å². The molecule has 2 fully saturated rings. The highest BCUT2D eigenvalue weighted by Crippen LogP contribution is 2.15. The van der Waals surface area contributed by atoms with Gasteiger partial charge in [-0.05, 0) is 43.5 Å². The van der Waals surface area contributed by atoms with E-state index in [9.17, 15) is 22.8 Å². The van der Waals surface area contributed by atoms with Gasteiger partial charge in [-0.3, -0.25) is 14.5 Å². The lowest BCUT2D eigenvalue weighted by molar-refractivity contribution is -0.143. The van der Waals surface area contributed by atoms with E-state index in [-0.39, 0.29) is 29.0 Å². The van der Waals surface area contributed by atoms with Crippen LogP contribution in [-0.4, -0.2) is 63.5 Å². The lowest BCUT2D eigenvalue weighted by atomic mass is 10.2. The number of nitrogens with one attached hydrogen (secondary N) is 1. The van der Waals surface area contributed by atoms with Crippen LogP contribution in [0.25, 0.3) is 0 Å². The number of hydrogen-bond donors (Lipinski definition) is 1. The number of carbonyl (C=O) groups excluding carboxylic acids is 3. The quantitative estimate of drug-likeness (QED) is 0.648. The van der Waals surface area contributed by atoms with Gasteiger partial charge in [0.15, 0.2) is 6.61 Å². The van der Waals surface area contributed by atoms with Crippen molar-refractivity contribution in [3.63, 3.8) is 0 Å². The van der Waals surface area contributed by atoms with Gasteiger partial charge in [0, 0.05) is 26.1 Å². The van der Waals surface area contributed by atoms with Crippen molar-refractivity contribution in [2.75, 3.05) is 26.3 Å². The number of imide groups is 1. The standard InChI is InChI=1S/C18H22N2O7S/c21-16-4-1-9-20(16)17(22)12-27-18(23)13-5-7-15(8-6-13)28(24,25)19-11-14-3-2-10-26-14/h5-8,14,19H,1-4,9-12H2/t14-/m1/s1. The Labute approximate surface area is 163 Å². The van der Waals surface area contributed by atoms with E-state index >= 15 is 0 Å². The summed E-state index contributed by atoms with van der Waals surface area (Å²) in [5, 5.41) is 0. The monoisotopic (exact) mass is 410 g/mol. The topological polar surface area (TPSA) is 119 Å². The molecule has 2 heterocycles. The Balaban J connectivity index is 1.53. The summed E-state index contributed by atoms with van der Waals surface area (Å²) in [7, 11) is -3.71. The maximum atomic E-state index is 12.3. The molecule has 0 spiro atoms. The van der Waals surface area contributed by atoms with Crippen molar-refractivity contribution in [3.05, 3.63) is 29.8 Å². The predicted molar refractivity (Wildman–Crippen MR) is 96.8 cm³/mol. The Morgan fingerprint density at radius 3 is 2.57 bits per heavy atom. The van der Waals surface area contributed by atoms with Crippen molar-refractivity contribution in [2.24, 2.45) is 0 Å². The van der Waals surface area contributed by atoms with Gasteiger partial charge in [-0.25, -0.2) is 17.9 Å². The fraction of sp³-hybridized carbons (Fsp3) is 0.500. The summed E-state index contributed by atoms with van der Waals surface area (Å²) in [5.41, 5.74) is 0.110. The Morgan fingerprint density at radius 2 is 1.96 bits per heavy atom. The molecule has 2 aliphatic rings. The normalized spacial score (nSPS) is 19.8. The van der Waals surface area contributed by atoms with Crippen LogP contribution in [0.5, 0.6) is 0 Å². The van der Waals surface area contributed by atoms with Crippen LogP contribution in [0.3, 0.4) is 0 Å². The third kappa shape index (κ3) is 4.94. The first-order chi connectivity index (χ1) is 13.4. The van der Waals surface area contributed by atoms with E-state index in [1.54, 1.807) is 0 Å². The lowest BCUT2D eigenvalue weighted by Crippen LogP contribution is -2.35. The van der Waals surface area contributed by atoms with Gasteiger partial charge in [-0.2, -0.15) is 0 Å². The molecule has 0 saturated carbocycles. The molecule has 0 unspecified atom stereocenters. The van der Waals surface area contributed by atoms with Crippen molar-refractivity contribution < 1.29 is 32.3 Å². The fourth-order valence-corrected chi connectivity index (χ4v) is 4.13. The smallest absolute Gasteiger partial charge is 0.338 e. The van der Waals surface area contributed by atoms with Crippen molar-refractivity contribution in [1.29, 1.82) is 0 Å². The molecular weight excluding hydrogens is 388 g/mol. The number of carbonyl (C=O) groups is 3. The van der Waals surface area contributed by atoms with Crippen LogP contribution in [0.15, 0.2) is 29.2 Å². The van der Waals surface area contributed by atoms with Crippen LogP contribution in [0.2, 0.25) is 0 Å². The van der Waals surface area contributed by atoms with Gasteiger partial charge in [0.2, 0.25) is 15.9 Å². The average Bonchev–Trinajstić information content (AvgIpc) is 3.36. The lowest BCUT2D eigenvalue weighted by Gasteiger charge is -2.13. The highest BCUT2D eigenvalue weighted by molar-refractivity contribution is 7.89. The summed E-state index contributed by atoms with van der Waals surface area (Å²) in [5.74, 6) is -1.60. The number of likely N-dealkylation sites (tertiary alicyclic amines) is 1. The Bertz CT molecular complexity index is 845. The maximum absolute atomic E-state index is 12.3. The number of amides is 2. The minimum absolute atomic E-state index is 0.0146. The molecular formula is C18H22N2O7S. The first-order valence-electron chi connectivity index (χ1n) is 9.08. The summed E-state index contributed by atoms with van der Waals surface area (Å²) < 4.78 is 37.4. The van der Waals surface area contributed by atoms with E-state index in [1.165, 1.54) is 24.3 Å². The zero-order valence-corrected chi connectivity index (χ0v) is 16.1. The Kier molecular flexibility index (Phi) is 6.42. The summed E-state index contributed by atoms with van der Waals surface area (Å²) in [6.07, 6.45) is 2.53. The molecule has 0 bridgehead atoms. The number of hydrogen-bond acceptors (Lipinski definition) is 7. The van der Waals surface area contributed by atoms with Gasteiger partial charge < -0.3 is 9.47 Å². The molecule has 1 aromatic rings. The number of nitrogens with zero attached hydrogens (tertiary/aromatic N) is 1. The van der Waals surface area contributed by atoms with Crippen LogP contribution in [-0.2, 0) is 29.1 Å². The van der Waals surface area contributed by atoms with Crippen LogP contribution in [0, 0.1) is 0 Å². The summed E-state index contributed by atoms with van der Waals surface area (Å²) >= 11 is 0. The van der Waals surface area contributed by atoms with Gasteiger partial charge in [-0.15, -0.1) is 0 Å². The van der Waals surface area contributed by atoms with E-state index in [0.29, 0.717) is 26.0 Å². The average molecular weight is 410 g/mol. The van der Waals surface area contributed by atoms with Crippen LogP contribution in [0.1, 0.15) is 36.0 Å². The molecule has 2 amide bonds. The van der Waals surface area contributed by atoms with E-state index < -0.39 is 28.5 Å². The van der Waals surface area contributed by atoms with Crippen molar-refractivity contribution in [2.45, 2.75) is 36.7 Å². The van der Waals surface area contributed by atoms with Crippen molar-refractivity contribution >= 4 is 27.8 Å². The summed E-state index contributed by atoms with van der Waals surface area (Å²) in [6, 6.07) is 5.21. The van der Waals surface area contributed by atoms with E-state index in [2.05, 4.69) is 4.72 Å². The molecule has 28 heavy (non-hydrogen) atoms. The molecule has 10 heteroatoms. The molecule has 1 aromatic carbocycles. The predicted octanol–water partition coefficient (Wildman–Crippen LogP) is 0.450. The van der Waals surface area contributed by atoms with Gasteiger partial charge in [0.25, 0.3) is 5.91 Å². The molecule has 1 atom stereocenters. The second-order valence-corrected chi connectivity index (χ2v) is 8.40. The number of ether oxygens (including phenoxy) is 2. The fourth-order valence-electron chi connectivity index (χ4n) is 3.06. The second kappa shape index (κ2) is 8.80. The van der Waals surface area contributed by atoms with Gasteiger partial charge in [-0.1, -0.05) is 0 Å². The molecule has 2 saturated heterocycles. The molecule has 0 aliphatic carbocycles. The molecule has 0 aromatic heterocycles. The van der Waals surface area contributed by atoms with Gasteiger partial charge >= 0.3 is 5.97 Å². The molecule has 152 valence electrons. The minimum atomic E-state index is -3.71. The van der Waals surface area contributed by atoms with Crippen molar-refractivity contribution in [1.82, 2.24) is 9.62 Å². The molecule has 3 rings (SSSR count).